The predicted octanol–water partition coefficient (Wildman–Crippen LogP) is 2.93. The SMILES string of the molecule is CC(C)(C)CC(=O)c1ccc(CC(=O)O)cc1. The van der Waals surface area contributed by atoms with Crippen LogP contribution in [0.5, 0.6) is 0 Å². The van der Waals surface area contributed by atoms with E-state index in [0.717, 1.165) is 0 Å². The number of carboxylic acids is 1. The predicted molar refractivity (Wildman–Crippen MR) is 66.2 cm³/mol. The molecule has 0 saturated heterocycles. The highest BCUT2D eigenvalue weighted by atomic mass is 16.4. The average Bonchev–Trinajstić information content (AvgIpc) is 2.15. The summed E-state index contributed by atoms with van der Waals surface area (Å²) in [6.45, 7) is 6.05. The highest BCUT2D eigenvalue weighted by Gasteiger charge is 2.17. The zero-order chi connectivity index (χ0) is 13.1. The van der Waals surface area contributed by atoms with E-state index in [1.165, 1.54) is 0 Å². The molecule has 0 aliphatic rings. The fourth-order valence-corrected chi connectivity index (χ4v) is 1.57. The van der Waals surface area contributed by atoms with Gasteiger partial charge in [0.2, 0.25) is 0 Å². The third-order valence-electron chi connectivity index (χ3n) is 2.32. The summed E-state index contributed by atoms with van der Waals surface area (Å²) in [7, 11) is 0. The fraction of sp³-hybridized carbons (Fsp3) is 0.429. The molecule has 0 fully saturated rings. The Bertz CT molecular complexity index is 410. The van der Waals surface area contributed by atoms with Crippen LogP contribution in [0.4, 0.5) is 0 Å². The largest absolute Gasteiger partial charge is 0.481 e. The molecule has 0 saturated carbocycles. The number of benzene rings is 1. The molecule has 0 atom stereocenters. The molecule has 0 spiro atoms. The summed E-state index contributed by atoms with van der Waals surface area (Å²) < 4.78 is 0. The second-order valence-corrected chi connectivity index (χ2v) is 5.43. The first-order chi connectivity index (χ1) is 7.78. The van der Waals surface area contributed by atoms with Crippen molar-refractivity contribution in [2.24, 2.45) is 5.41 Å². The number of hydrogen-bond donors (Lipinski definition) is 1. The lowest BCUT2D eigenvalue weighted by Gasteiger charge is -2.16. The Kier molecular flexibility index (Phi) is 4.05. The monoisotopic (exact) mass is 234 g/mol. The van der Waals surface area contributed by atoms with Crippen LogP contribution in [-0.2, 0) is 11.2 Å². The Morgan fingerprint density at radius 2 is 1.65 bits per heavy atom. The van der Waals surface area contributed by atoms with Crippen LogP contribution in [0.15, 0.2) is 24.3 Å². The van der Waals surface area contributed by atoms with Crippen molar-refractivity contribution in [2.75, 3.05) is 0 Å². The summed E-state index contributed by atoms with van der Waals surface area (Å²) in [5, 5.41) is 8.63. The Balaban J connectivity index is 2.74. The first-order valence-corrected chi connectivity index (χ1v) is 5.62. The molecular formula is C14H18O3. The molecular weight excluding hydrogens is 216 g/mol. The number of aliphatic carboxylic acids is 1. The number of hydrogen-bond acceptors (Lipinski definition) is 2. The van der Waals surface area contributed by atoms with Crippen LogP contribution in [0.25, 0.3) is 0 Å². The zero-order valence-corrected chi connectivity index (χ0v) is 10.5. The minimum atomic E-state index is -0.862. The molecule has 3 nitrogen and oxygen atoms in total. The van der Waals surface area contributed by atoms with Crippen molar-refractivity contribution in [3.05, 3.63) is 35.4 Å². The molecule has 0 unspecified atom stereocenters. The van der Waals surface area contributed by atoms with Crippen LogP contribution in [0, 0.1) is 5.41 Å². The van der Waals surface area contributed by atoms with Crippen molar-refractivity contribution in [1.29, 1.82) is 0 Å². The van der Waals surface area contributed by atoms with E-state index in [1.54, 1.807) is 24.3 Å². The normalized spacial score (nSPS) is 11.2. The lowest BCUT2D eigenvalue weighted by atomic mass is 9.88. The van der Waals surface area contributed by atoms with Gasteiger partial charge in [0.05, 0.1) is 6.42 Å². The molecule has 0 amide bonds. The second kappa shape index (κ2) is 5.13. The first-order valence-electron chi connectivity index (χ1n) is 5.62. The van der Waals surface area contributed by atoms with E-state index in [4.69, 9.17) is 5.11 Å². The minimum Gasteiger partial charge on any atom is -0.481 e. The van der Waals surface area contributed by atoms with E-state index < -0.39 is 5.97 Å². The summed E-state index contributed by atoms with van der Waals surface area (Å²) in [6.07, 6.45) is 0.485. The van der Waals surface area contributed by atoms with Crippen molar-refractivity contribution in [3.63, 3.8) is 0 Å². The van der Waals surface area contributed by atoms with Crippen molar-refractivity contribution in [2.45, 2.75) is 33.6 Å². The van der Waals surface area contributed by atoms with Gasteiger partial charge in [-0.05, 0) is 11.0 Å². The number of carbonyl (C=O) groups is 2. The van der Waals surface area contributed by atoms with E-state index in [9.17, 15) is 9.59 Å². The van der Waals surface area contributed by atoms with Crippen LogP contribution in [0.3, 0.4) is 0 Å². The number of carbonyl (C=O) groups excluding carboxylic acids is 1. The van der Waals surface area contributed by atoms with Gasteiger partial charge in [-0.15, -0.1) is 0 Å². The fourth-order valence-electron chi connectivity index (χ4n) is 1.57. The van der Waals surface area contributed by atoms with E-state index in [0.29, 0.717) is 17.5 Å². The molecule has 0 aliphatic heterocycles. The molecule has 1 rings (SSSR count). The maximum absolute atomic E-state index is 11.9. The van der Waals surface area contributed by atoms with Crippen molar-refractivity contribution >= 4 is 11.8 Å². The van der Waals surface area contributed by atoms with Crippen LogP contribution in [0.2, 0.25) is 0 Å². The number of rotatable bonds is 4. The van der Waals surface area contributed by atoms with Crippen molar-refractivity contribution in [3.8, 4) is 0 Å². The Morgan fingerprint density at radius 1 is 1.12 bits per heavy atom. The summed E-state index contributed by atoms with van der Waals surface area (Å²) in [6, 6.07) is 6.80. The molecule has 1 aromatic rings. The van der Waals surface area contributed by atoms with E-state index in [1.807, 2.05) is 20.8 Å². The van der Waals surface area contributed by atoms with Gasteiger partial charge in [0.15, 0.2) is 5.78 Å². The zero-order valence-electron chi connectivity index (χ0n) is 10.5. The van der Waals surface area contributed by atoms with Gasteiger partial charge >= 0.3 is 5.97 Å². The van der Waals surface area contributed by atoms with Gasteiger partial charge in [-0.3, -0.25) is 9.59 Å². The molecule has 0 aliphatic carbocycles. The lowest BCUT2D eigenvalue weighted by molar-refractivity contribution is -0.136. The van der Waals surface area contributed by atoms with Gasteiger partial charge in [-0.25, -0.2) is 0 Å². The third-order valence-corrected chi connectivity index (χ3v) is 2.32. The summed E-state index contributed by atoms with van der Waals surface area (Å²) in [4.78, 5) is 22.4. The lowest BCUT2D eigenvalue weighted by Crippen LogP contribution is -2.13. The van der Waals surface area contributed by atoms with E-state index in [-0.39, 0.29) is 17.6 Å². The van der Waals surface area contributed by atoms with Crippen LogP contribution < -0.4 is 0 Å². The molecule has 0 aromatic heterocycles. The highest BCUT2D eigenvalue weighted by molar-refractivity contribution is 5.96. The molecule has 3 heteroatoms. The molecule has 0 heterocycles. The topological polar surface area (TPSA) is 54.4 Å². The van der Waals surface area contributed by atoms with Gasteiger partial charge in [-0.1, -0.05) is 45.0 Å². The maximum Gasteiger partial charge on any atom is 0.307 e. The van der Waals surface area contributed by atoms with Gasteiger partial charge in [0.1, 0.15) is 0 Å². The molecule has 1 aromatic carbocycles. The van der Waals surface area contributed by atoms with Crippen LogP contribution >= 0.6 is 0 Å². The number of ketones is 1. The smallest absolute Gasteiger partial charge is 0.307 e. The van der Waals surface area contributed by atoms with Gasteiger partial charge in [0.25, 0.3) is 0 Å². The Morgan fingerprint density at radius 3 is 2.06 bits per heavy atom. The van der Waals surface area contributed by atoms with Gasteiger partial charge in [-0.2, -0.15) is 0 Å². The summed E-state index contributed by atoms with van der Waals surface area (Å²) in [5.41, 5.74) is 1.33. The average molecular weight is 234 g/mol. The highest BCUT2D eigenvalue weighted by Crippen LogP contribution is 2.21. The minimum absolute atomic E-state index is 0.00621. The van der Waals surface area contributed by atoms with E-state index >= 15 is 0 Å². The number of carboxylic acid groups (broad SMARTS) is 1. The molecule has 92 valence electrons. The Labute approximate surface area is 101 Å². The Hall–Kier alpha value is -1.64. The molecule has 0 radical (unpaired) electrons. The van der Waals surface area contributed by atoms with Gasteiger partial charge in [0, 0.05) is 12.0 Å². The molecule has 1 N–H and O–H groups in total. The summed E-state index contributed by atoms with van der Waals surface area (Å²) in [5.74, 6) is -0.766. The summed E-state index contributed by atoms with van der Waals surface area (Å²) >= 11 is 0. The maximum atomic E-state index is 11.9. The number of Topliss-reactive ketones (excluding diaryl/α,β-unsaturated/α-hetero) is 1. The van der Waals surface area contributed by atoms with Crippen molar-refractivity contribution in [1.82, 2.24) is 0 Å². The quantitative estimate of drug-likeness (QED) is 0.815. The van der Waals surface area contributed by atoms with Crippen LogP contribution in [-0.4, -0.2) is 16.9 Å². The van der Waals surface area contributed by atoms with Crippen molar-refractivity contribution < 1.29 is 14.7 Å². The van der Waals surface area contributed by atoms with Gasteiger partial charge < -0.3 is 5.11 Å². The standard InChI is InChI=1S/C14H18O3/c1-14(2,3)9-12(15)11-6-4-10(5-7-11)8-13(16)17/h4-7H,8-9H2,1-3H3,(H,16,17). The first kappa shape index (κ1) is 13.4. The third kappa shape index (κ3) is 4.81. The molecule has 17 heavy (non-hydrogen) atoms. The van der Waals surface area contributed by atoms with E-state index in [2.05, 4.69) is 0 Å². The second-order valence-electron chi connectivity index (χ2n) is 5.43. The van der Waals surface area contributed by atoms with Crippen LogP contribution in [0.1, 0.15) is 43.1 Å². The molecule has 0 bridgehead atoms.